The Bertz CT molecular complexity index is 5340. The first-order valence-electron chi connectivity index (χ1n) is 43.7. The summed E-state index contributed by atoms with van der Waals surface area (Å²) in [4.78, 5) is 92.8. The highest BCUT2D eigenvalue weighted by atomic mass is 16.7. The van der Waals surface area contributed by atoms with Crippen molar-refractivity contribution in [2.45, 2.75) is 130 Å². The number of H-pyrrole nitrogens is 3. The van der Waals surface area contributed by atoms with Crippen LogP contribution in [0.5, 0.6) is 23.0 Å². The van der Waals surface area contributed by atoms with Crippen molar-refractivity contribution in [3.8, 4) is 68.5 Å². The third kappa shape index (κ3) is 24.2. The normalized spacial score (nSPS) is 24.6. The van der Waals surface area contributed by atoms with Gasteiger partial charge in [-0.1, -0.05) is 7.43 Å². The van der Waals surface area contributed by atoms with Crippen molar-refractivity contribution in [2.24, 2.45) is 9.98 Å². The lowest BCUT2D eigenvalue weighted by molar-refractivity contribution is -0.898. The van der Waals surface area contributed by atoms with Crippen LogP contribution >= 0.6 is 0 Å². The van der Waals surface area contributed by atoms with Gasteiger partial charge in [-0.2, -0.15) is 0 Å². The van der Waals surface area contributed by atoms with Crippen LogP contribution in [0.15, 0.2) is 119 Å². The van der Waals surface area contributed by atoms with Crippen LogP contribution in [0.2, 0.25) is 0 Å². The molecule has 0 unspecified atom stereocenters. The Morgan fingerprint density at radius 2 is 0.887 bits per heavy atom. The fraction of sp³-hybridized carbons (Fsp3) is 0.523. The summed E-state index contributed by atoms with van der Waals surface area (Å²) in [7, 11) is 9.99. The van der Waals surface area contributed by atoms with E-state index in [4.69, 9.17) is 14.2 Å². The molecule has 8 aromatic heterocycles. The number of imidazole rings is 4. The lowest BCUT2D eigenvalue weighted by Crippen LogP contribution is -2.61. The van der Waals surface area contributed by atoms with Crippen molar-refractivity contribution >= 4 is 24.4 Å². The number of allylic oxidation sites excluding steroid dienone is 2. The second-order valence-electron chi connectivity index (χ2n) is 34.8. The predicted molar refractivity (Wildman–Crippen MR) is 486 cm³/mol. The molecule has 9 aliphatic heterocycles. The molecule has 7 saturated heterocycles. The Balaban J connectivity index is 0.000000152. The summed E-state index contributed by atoms with van der Waals surface area (Å²) >= 11 is 0. The maximum atomic E-state index is 12.9. The van der Waals surface area contributed by atoms with Crippen LogP contribution in [0, 0.1) is 38.1 Å². The van der Waals surface area contributed by atoms with Crippen LogP contribution in [0.25, 0.3) is 45.6 Å². The molecule has 17 rings (SSSR count). The number of hydrogen-bond acceptors (Lipinski definition) is 37. The number of aliphatic hydroxyl groups is 7. The molecule has 16 N–H and O–H groups in total. The molecule has 45 nitrogen and oxygen atoms in total. The van der Waals surface area contributed by atoms with E-state index in [1.165, 1.54) is 17.0 Å². The van der Waals surface area contributed by atoms with E-state index in [1.54, 1.807) is 122 Å². The minimum Gasteiger partial charge on any atom is -0.633 e. The van der Waals surface area contributed by atoms with E-state index in [1.807, 2.05) is 7.05 Å². The molecule has 0 bridgehead atoms. The van der Waals surface area contributed by atoms with Crippen LogP contribution in [0.3, 0.4) is 0 Å². The van der Waals surface area contributed by atoms with E-state index in [-0.39, 0.29) is 51.3 Å². The van der Waals surface area contributed by atoms with Gasteiger partial charge in [0.1, 0.15) is 89.5 Å². The number of hydrogen-bond donors (Lipinski definition) is 16. The Morgan fingerprint density at radius 3 is 1.36 bits per heavy atom. The van der Waals surface area contributed by atoms with Gasteiger partial charge in [0, 0.05) is 229 Å². The first-order chi connectivity index (χ1) is 62.9. The van der Waals surface area contributed by atoms with E-state index in [0.29, 0.717) is 144 Å². The quantitative estimate of drug-likeness (QED) is 0.0404. The standard InChI is InChI=1S/2C21H29N5O7.3C15H21N5O2.CH4/c1-11-17(32-21-16(29)14(27)15(28)18(33-21)20(30)31)13(19-22-3-4-23-19)12(9-24-11)10-26-7-5-25(2)6-8-26;1-11-14(27)13(12(9-23-11)10-25-7-5-24(2)6-8-25)19-22-3-4-26(19)20-17(30)15(28)16(29)18(33-20)21(31)32;1-11-14(21)13(15-16-3-4-17-15)12(9-18-11)10-19-5-7-20(2,22)8-6-19;1-11-14(21)13(15-16-3-4-17-15)12(9-18-11)10-20(22)7-5-19(2)6-8-20;1-11-14(21)13(15-16-3-4-17-15)12(10-20(11)22)9-19-7-5-18(2)6-8-19;/h3-4,9,14-16,18,21,27-29H,5-8,10H2,1-2H3,(H,22,23)(H,30,31);3-4,9,15-18,20,27-30H,5-8,10H2,1-2H3,(H,31,32);2*3-4,9,21H,5-8,10H2,1-2H3,(H,16,17);3-4,10,21-22H,5-9H2,1-2H3;1H4/t14-,15-,16+,18-,21+;15-,16-,17+,18-,20+;;;;/m00..../s1. The first-order valence-corrected chi connectivity index (χ1v) is 43.7. The van der Waals surface area contributed by atoms with E-state index in [9.17, 15) is 86.5 Å². The number of ether oxygens (including phenoxy) is 3. The number of carbonyl (C=O) groups is 2. The number of aliphatic carboxylic acids is 2. The summed E-state index contributed by atoms with van der Waals surface area (Å²) in [5.41, 5.74) is 9.22. The fourth-order valence-corrected chi connectivity index (χ4v) is 16.6. The van der Waals surface area contributed by atoms with Crippen molar-refractivity contribution in [2.75, 3.05) is 173 Å². The number of quaternary nitrogens is 2. The number of nitrogens with zero attached hydrogens (tertiary/aromatic N) is 22. The minimum absolute atomic E-state index is 0. The zero-order chi connectivity index (χ0) is 94.7. The second-order valence-corrected chi connectivity index (χ2v) is 34.8. The van der Waals surface area contributed by atoms with Gasteiger partial charge in [0.25, 0.3) is 0 Å². The summed E-state index contributed by atoms with van der Waals surface area (Å²) in [5, 5.41) is 158. The number of aliphatic imine (C=N–C) groups is 2. The zero-order valence-corrected chi connectivity index (χ0v) is 75.6. The highest BCUT2D eigenvalue weighted by molar-refractivity contribution is 6.18. The summed E-state index contributed by atoms with van der Waals surface area (Å²) in [5.74, 6) is -0.0846. The monoisotopic (exact) mass is 1850 g/mol. The lowest BCUT2D eigenvalue weighted by Gasteiger charge is -2.47. The molecular formula is C88H125N25O20. The van der Waals surface area contributed by atoms with Gasteiger partial charge in [-0.05, 0) is 85.1 Å². The van der Waals surface area contributed by atoms with Crippen molar-refractivity contribution in [1.29, 1.82) is 0 Å². The Kier molecular flexibility index (Phi) is 33.7. The highest BCUT2D eigenvalue weighted by Gasteiger charge is 2.50. The topological polar surface area (TPSA) is 580 Å². The fourth-order valence-electron chi connectivity index (χ4n) is 16.6. The molecule has 0 saturated carbocycles. The first kappa shape index (κ1) is 101. The molecule has 0 aliphatic carbocycles. The van der Waals surface area contributed by atoms with Crippen LogP contribution in [0.4, 0.5) is 0 Å². The van der Waals surface area contributed by atoms with Crippen molar-refractivity contribution in [3.63, 3.8) is 0 Å². The smallest absolute Gasteiger partial charge is 0.335 e. The van der Waals surface area contributed by atoms with Crippen LogP contribution in [-0.2, 0) is 45.2 Å². The second kappa shape index (κ2) is 44.4. The number of aliphatic hydroxyl groups excluding tert-OH is 7. The minimum atomic E-state index is -1.80. The molecule has 9 aliphatic rings. The van der Waals surface area contributed by atoms with Crippen LogP contribution in [0.1, 0.15) is 65.6 Å². The van der Waals surface area contributed by atoms with Gasteiger partial charge in [0.05, 0.1) is 89.5 Å². The molecule has 45 heteroatoms. The van der Waals surface area contributed by atoms with Gasteiger partial charge in [-0.25, -0.2) is 44.6 Å². The molecule has 0 amide bonds. The summed E-state index contributed by atoms with van der Waals surface area (Å²) < 4.78 is 17.6. The molecule has 0 spiro atoms. The molecule has 10 atom stereocenters. The summed E-state index contributed by atoms with van der Waals surface area (Å²) in [6.07, 6.45) is 7.75. The predicted octanol–water partition coefficient (Wildman–Crippen LogP) is 1.68. The number of hydroxylamine groups is 8. The lowest BCUT2D eigenvalue weighted by atomic mass is 9.97. The summed E-state index contributed by atoms with van der Waals surface area (Å²) in [6, 6.07) is 0. The SMILES string of the molecule is C.CC1=C(O)C(=C2N=CC=N2)C(CN2CCN(C)CC2)=CN1O.Cc1ncc(CN2CCN(C)CC2)c(-c2ncc[nH]2)c1O[C@@H]1O[C@H](C(=O)O)[C@@H](O)[C@H](O)[C@H]1O.Cc1ncc(CN2CCN(C)CC2)c(-c2nccn2[C@@H]2O[C@H](C(=O)O)[C@@H](O)[C@H](O)[C@H]2O)c1O.Cc1ncc(CN2CC[N+](C)([O-])CC2)c(-c2ncc[nH]2)c1O.Cc1ncc(C[N+]2([O-])CCN(C)CC2)c(-c2ncc[nH]2)c1O. The molecule has 0 radical (unpaired) electrons. The van der Waals surface area contributed by atoms with Gasteiger partial charge in [0.15, 0.2) is 30.0 Å². The van der Waals surface area contributed by atoms with Gasteiger partial charge in [-0.15, -0.1) is 0 Å². The molecule has 7 fully saturated rings. The summed E-state index contributed by atoms with van der Waals surface area (Å²) in [6.45, 7) is 27.6. The number of carboxylic acids is 2. The number of aryl methyl sites for hydroxylation is 4. The number of piperazine rings is 5. The van der Waals surface area contributed by atoms with E-state index < -0.39 is 73.3 Å². The highest BCUT2D eigenvalue weighted by Crippen LogP contribution is 2.42. The number of likely N-dealkylation sites (N-methyl/N-ethyl adjacent to an activating group) is 5. The number of carboxylic acid groups (broad SMARTS) is 2. The molecule has 0 aromatic carbocycles. The maximum Gasteiger partial charge on any atom is 0.335 e. The Hall–Kier alpha value is -11.1. The van der Waals surface area contributed by atoms with E-state index in [0.717, 1.165) is 132 Å². The largest absolute Gasteiger partial charge is 0.633 e. The number of aromatic hydroxyl groups is 3. The third-order valence-corrected chi connectivity index (χ3v) is 25.1. The third-order valence-electron chi connectivity index (χ3n) is 25.1. The molecule has 722 valence electrons. The molecule has 17 heterocycles. The van der Waals surface area contributed by atoms with E-state index >= 15 is 0 Å². The molecule has 8 aromatic rings. The maximum absolute atomic E-state index is 12.9. The molecular weight excluding hydrogens is 1730 g/mol. The number of aromatic amines is 3. The Labute approximate surface area is 769 Å². The average molecular weight is 1850 g/mol. The number of aromatic nitrogens is 12. The van der Waals surface area contributed by atoms with Crippen molar-refractivity contribution < 1.29 is 99.6 Å². The van der Waals surface area contributed by atoms with Crippen LogP contribution < -0.4 is 4.74 Å². The van der Waals surface area contributed by atoms with Crippen molar-refractivity contribution in [1.82, 2.24) is 104 Å². The number of nitrogens with one attached hydrogen (secondary N) is 3. The average Bonchev–Trinajstić information content (AvgIpc) is 1.71. The van der Waals surface area contributed by atoms with Crippen LogP contribution in [-0.4, -0.2) is 432 Å². The van der Waals surface area contributed by atoms with Gasteiger partial charge in [0.2, 0.25) is 6.29 Å². The van der Waals surface area contributed by atoms with Gasteiger partial charge < -0.3 is 129 Å². The Morgan fingerprint density at radius 1 is 0.481 bits per heavy atom. The van der Waals surface area contributed by atoms with E-state index in [2.05, 4.69) is 125 Å². The zero-order valence-electron chi connectivity index (χ0n) is 75.6. The van der Waals surface area contributed by atoms with Gasteiger partial charge >= 0.3 is 11.9 Å². The van der Waals surface area contributed by atoms with Gasteiger partial charge in [-0.3, -0.25) is 49.6 Å². The molecule has 133 heavy (non-hydrogen) atoms. The number of pyridine rings is 4. The number of rotatable bonds is 19. The van der Waals surface area contributed by atoms with Crippen molar-refractivity contribution in [3.05, 3.63) is 164 Å².